The average Bonchev–Trinajstić information content (AvgIpc) is 2.97. The van der Waals surface area contributed by atoms with Crippen molar-refractivity contribution in [3.05, 3.63) is 59.2 Å². The predicted molar refractivity (Wildman–Crippen MR) is 81.7 cm³/mol. The maximum atomic E-state index is 6.50. The van der Waals surface area contributed by atoms with Crippen molar-refractivity contribution < 1.29 is 9.47 Å². The van der Waals surface area contributed by atoms with Gasteiger partial charge in [-0.05, 0) is 30.0 Å². The molecule has 4 rings (SSSR count). The van der Waals surface area contributed by atoms with Crippen LogP contribution < -0.4 is 15.2 Å². The quantitative estimate of drug-likeness (QED) is 0.920. The van der Waals surface area contributed by atoms with Crippen molar-refractivity contribution in [3.8, 4) is 11.5 Å². The summed E-state index contributed by atoms with van der Waals surface area (Å²) in [6.45, 7) is 0.780. The fourth-order valence-electron chi connectivity index (χ4n) is 3.29. The van der Waals surface area contributed by atoms with E-state index in [1.807, 2.05) is 18.2 Å². The van der Waals surface area contributed by atoms with Gasteiger partial charge in [-0.1, -0.05) is 36.4 Å². The van der Waals surface area contributed by atoms with Crippen LogP contribution in [0, 0.1) is 0 Å². The summed E-state index contributed by atoms with van der Waals surface area (Å²) in [6, 6.07) is 14.3. The van der Waals surface area contributed by atoms with Gasteiger partial charge in [0.25, 0.3) is 0 Å². The highest BCUT2D eigenvalue weighted by Crippen LogP contribution is 2.38. The Labute approximate surface area is 124 Å². The number of fused-ring (bicyclic) bond motifs is 2. The first-order chi connectivity index (χ1) is 10.3. The highest BCUT2D eigenvalue weighted by molar-refractivity contribution is 5.46. The Hall–Kier alpha value is -2.00. The van der Waals surface area contributed by atoms with Crippen LogP contribution in [0.15, 0.2) is 42.5 Å². The number of rotatable bonds is 2. The standard InChI is InChI=1S/C18H19NO2/c19-17(16-11-13-5-1-2-9-15(13)21-16)14-8-3-6-12-7-4-10-20-18(12)14/h1-3,5-6,8-9,16-17H,4,7,10-11,19H2. The minimum Gasteiger partial charge on any atom is -0.493 e. The van der Waals surface area contributed by atoms with Crippen molar-refractivity contribution in [3.63, 3.8) is 0 Å². The van der Waals surface area contributed by atoms with Crippen LogP contribution >= 0.6 is 0 Å². The number of benzene rings is 2. The largest absolute Gasteiger partial charge is 0.493 e. The van der Waals surface area contributed by atoms with Gasteiger partial charge in [0.1, 0.15) is 17.6 Å². The van der Waals surface area contributed by atoms with Crippen LogP contribution in [0.5, 0.6) is 11.5 Å². The third kappa shape index (κ3) is 2.18. The van der Waals surface area contributed by atoms with E-state index < -0.39 is 0 Å². The van der Waals surface area contributed by atoms with Gasteiger partial charge in [0.05, 0.1) is 12.6 Å². The molecule has 0 aromatic heterocycles. The number of hydrogen-bond acceptors (Lipinski definition) is 3. The normalized spacial score (nSPS) is 20.9. The molecule has 0 bridgehead atoms. The fraction of sp³-hybridized carbons (Fsp3) is 0.333. The SMILES string of the molecule is NC(c1cccc2c1OCCC2)C1Cc2ccccc2O1. The van der Waals surface area contributed by atoms with Crippen molar-refractivity contribution in [1.82, 2.24) is 0 Å². The summed E-state index contributed by atoms with van der Waals surface area (Å²) in [7, 11) is 0. The summed E-state index contributed by atoms with van der Waals surface area (Å²) >= 11 is 0. The second kappa shape index (κ2) is 5.08. The second-order valence-corrected chi connectivity index (χ2v) is 5.78. The van der Waals surface area contributed by atoms with Crippen LogP contribution in [-0.2, 0) is 12.8 Å². The lowest BCUT2D eigenvalue weighted by molar-refractivity contribution is 0.195. The van der Waals surface area contributed by atoms with Gasteiger partial charge in [-0.3, -0.25) is 0 Å². The van der Waals surface area contributed by atoms with Crippen LogP contribution in [0.4, 0.5) is 0 Å². The maximum Gasteiger partial charge on any atom is 0.127 e. The van der Waals surface area contributed by atoms with Crippen molar-refractivity contribution in [2.45, 2.75) is 31.4 Å². The molecule has 2 aliphatic heterocycles. The summed E-state index contributed by atoms with van der Waals surface area (Å²) in [4.78, 5) is 0. The second-order valence-electron chi connectivity index (χ2n) is 5.78. The predicted octanol–water partition coefficient (Wildman–Crippen LogP) is 3.02. The van der Waals surface area contributed by atoms with Gasteiger partial charge in [0, 0.05) is 12.0 Å². The van der Waals surface area contributed by atoms with E-state index in [4.69, 9.17) is 15.2 Å². The Morgan fingerprint density at radius 2 is 1.90 bits per heavy atom. The highest BCUT2D eigenvalue weighted by atomic mass is 16.5. The summed E-state index contributed by atoms with van der Waals surface area (Å²) in [5.74, 6) is 1.94. The van der Waals surface area contributed by atoms with E-state index in [-0.39, 0.29) is 12.1 Å². The summed E-state index contributed by atoms with van der Waals surface area (Å²) in [6.07, 6.45) is 3.00. The zero-order valence-corrected chi connectivity index (χ0v) is 11.9. The molecule has 0 saturated carbocycles. The first kappa shape index (κ1) is 12.7. The molecule has 0 spiro atoms. The minimum atomic E-state index is -0.162. The molecule has 108 valence electrons. The summed E-state index contributed by atoms with van der Waals surface area (Å²) in [5.41, 5.74) is 10.1. The van der Waals surface area contributed by atoms with E-state index in [9.17, 15) is 0 Å². The Balaban J connectivity index is 1.63. The Morgan fingerprint density at radius 1 is 1.05 bits per heavy atom. The van der Waals surface area contributed by atoms with Gasteiger partial charge in [-0.15, -0.1) is 0 Å². The number of para-hydroxylation sites is 2. The molecule has 2 unspecified atom stereocenters. The average molecular weight is 281 g/mol. The van der Waals surface area contributed by atoms with E-state index >= 15 is 0 Å². The molecule has 2 atom stereocenters. The van der Waals surface area contributed by atoms with Gasteiger partial charge in [-0.25, -0.2) is 0 Å². The lowest BCUT2D eigenvalue weighted by Gasteiger charge is -2.26. The van der Waals surface area contributed by atoms with Crippen LogP contribution in [0.25, 0.3) is 0 Å². The Bertz CT molecular complexity index is 643. The van der Waals surface area contributed by atoms with Crippen molar-refractivity contribution in [2.75, 3.05) is 6.61 Å². The molecule has 2 aromatic rings. The van der Waals surface area contributed by atoms with Crippen molar-refractivity contribution >= 4 is 0 Å². The van der Waals surface area contributed by atoms with E-state index in [1.165, 1.54) is 11.1 Å². The van der Waals surface area contributed by atoms with E-state index in [0.29, 0.717) is 0 Å². The number of hydrogen-bond donors (Lipinski definition) is 1. The van der Waals surface area contributed by atoms with E-state index in [0.717, 1.165) is 42.9 Å². The van der Waals surface area contributed by atoms with Crippen molar-refractivity contribution in [1.29, 1.82) is 0 Å². The Morgan fingerprint density at radius 3 is 2.81 bits per heavy atom. The smallest absolute Gasteiger partial charge is 0.127 e. The molecule has 21 heavy (non-hydrogen) atoms. The molecule has 2 N–H and O–H groups in total. The topological polar surface area (TPSA) is 44.5 Å². The lowest BCUT2D eigenvalue weighted by atomic mass is 9.94. The molecular weight excluding hydrogens is 262 g/mol. The zero-order valence-electron chi connectivity index (χ0n) is 11.9. The molecule has 3 heteroatoms. The molecule has 3 nitrogen and oxygen atoms in total. The maximum absolute atomic E-state index is 6.50. The van der Waals surface area contributed by atoms with Gasteiger partial charge in [0.15, 0.2) is 0 Å². The molecule has 2 heterocycles. The van der Waals surface area contributed by atoms with Crippen LogP contribution in [0.3, 0.4) is 0 Å². The molecule has 0 aliphatic carbocycles. The first-order valence-electron chi connectivity index (χ1n) is 7.57. The van der Waals surface area contributed by atoms with Gasteiger partial charge >= 0.3 is 0 Å². The third-order valence-corrected chi connectivity index (χ3v) is 4.40. The van der Waals surface area contributed by atoms with Crippen LogP contribution in [-0.4, -0.2) is 12.7 Å². The molecule has 2 aromatic carbocycles. The molecule has 0 amide bonds. The van der Waals surface area contributed by atoms with E-state index in [2.05, 4.69) is 24.3 Å². The van der Waals surface area contributed by atoms with Crippen molar-refractivity contribution in [2.24, 2.45) is 5.73 Å². The summed E-state index contributed by atoms with van der Waals surface area (Å²) < 4.78 is 11.9. The summed E-state index contributed by atoms with van der Waals surface area (Å²) in [5, 5.41) is 0. The number of nitrogens with two attached hydrogens (primary N) is 1. The monoisotopic (exact) mass is 281 g/mol. The first-order valence-corrected chi connectivity index (χ1v) is 7.57. The van der Waals surface area contributed by atoms with Crippen LogP contribution in [0.1, 0.15) is 29.2 Å². The molecule has 0 radical (unpaired) electrons. The minimum absolute atomic E-state index is 0.0144. The third-order valence-electron chi connectivity index (χ3n) is 4.40. The Kier molecular flexibility index (Phi) is 3.08. The van der Waals surface area contributed by atoms with Crippen LogP contribution in [0.2, 0.25) is 0 Å². The van der Waals surface area contributed by atoms with Gasteiger partial charge in [0.2, 0.25) is 0 Å². The number of aryl methyl sites for hydroxylation is 1. The number of ether oxygens (including phenoxy) is 2. The van der Waals surface area contributed by atoms with E-state index in [1.54, 1.807) is 0 Å². The zero-order chi connectivity index (χ0) is 14.2. The lowest BCUT2D eigenvalue weighted by Crippen LogP contribution is -2.31. The molecule has 0 fully saturated rings. The van der Waals surface area contributed by atoms with Gasteiger partial charge < -0.3 is 15.2 Å². The van der Waals surface area contributed by atoms with Gasteiger partial charge in [-0.2, -0.15) is 0 Å². The fourth-order valence-corrected chi connectivity index (χ4v) is 3.29. The molecule has 2 aliphatic rings. The molecular formula is C18H19NO2. The molecule has 0 saturated heterocycles. The highest BCUT2D eigenvalue weighted by Gasteiger charge is 2.31.